The van der Waals surface area contributed by atoms with Crippen molar-refractivity contribution in [3.05, 3.63) is 30.3 Å². The van der Waals surface area contributed by atoms with Gasteiger partial charge in [-0.25, -0.2) is 21.1 Å². The first-order chi connectivity index (χ1) is 13.1. The largest absolute Gasteiger partial charge is 0.355 e. The fourth-order valence-electron chi connectivity index (χ4n) is 2.48. The van der Waals surface area contributed by atoms with Crippen molar-refractivity contribution in [1.29, 1.82) is 0 Å². The molecule has 0 aliphatic carbocycles. The second kappa shape index (κ2) is 11.8. The van der Waals surface area contributed by atoms with E-state index in [1.54, 1.807) is 25.1 Å². The number of amides is 1. The Morgan fingerprint density at radius 1 is 1.18 bits per heavy atom. The van der Waals surface area contributed by atoms with Crippen LogP contribution < -0.4 is 10.0 Å². The highest BCUT2D eigenvalue weighted by Gasteiger charge is 2.25. The Balaban J connectivity index is 2.67. The van der Waals surface area contributed by atoms with E-state index in [0.29, 0.717) is 31.7 Å². The number of hydrogen-bond donors (Lipinski definition) is 2. The molecule has 1 aromatic rings. The Morgan fingerprint density at radius 3 is 2.36 bits per heavy atom. The third-order valence-electron chi connectivity index (χ3n) is 3.98. The minimum absolute atomic E-state index is 0.101. The van der Waals surface area contributed by atoms with Crippen molar-refractivity contribution in [3.63, 3.8) is 0 Å². The number of carbonyl (C=O) groups excluding carboxylic acids is 1. The van der Waals surface area contributed by atoms with Gasteiger partial charge in [-0.3, -0.25) is 4.79 Å². The molecule has 0 radical (unpaired) electrons. The van der Waals surface area contributed by atoms with Crippen LogP contribution in [-0.2, 0) is 24.8 Å². The molecule has 1 aromatic carbocycles. The molecule has 0 aliphatic heterocycles. The zero-order chi connectivity index (χ0) is 21.2. The number of nitrogens with one attached hydrogen (secondary N) is 2. The summed E-state index contributed by atoms with van der Waals surface area (Å²) >= 11 is 1.52. The van der Waals surface area contributed by atoms with Crippen molar-refractivity contribution in [2.45, 2.75) is 30.7 Å². The van der Waals surface area contributed by atoms with Crippen LogP contribution in [0.25, 0.3) is 0 Å². The predicted octanol–water partition coefficient (Wildman–Crippen LogP) is 0.874. The number of nitrogens with zero attached hydrogens (tertiary/aromatic N) is 1. The van der Waals surface area contributed by atoms with Crippen molar-refractivity contribution >= 4 is 37.7 Å². The van der Waals surface area contributed by atoms with Crippen LogP contribution in [0.4, 0.5) is 0 Å². The molecule has 1 atom stereocenters. The first-order valence-corrected chi connectivity index (χ1v) is 13.6. The fourth-order valence-corrected chi connectivity index (χ4v) is 5.14. The lowest BCUT2D eigenvalue weighted by molar-refractivity contribution is -0.122. The van der Waals surface area contributed by atoms with Gasteiger partial charge in [0.25, 0.3) is 0 Å². The molecule has 0 saturated carbocycles. The maximum Gasteiger partial charge on any atom is 0.241 e. The lowest BCUT2D eigenvalue weighted by Crippen LogP contribution is -2.47. The normalized spacial score (nSPS) is 13.4. The van der Waals surface area contributed by atoms with Crippen LogP contribution in [0.1, 0.15) is 19.8 Å². The minimum atomic E-state index is -3.81. The van der Waals surface area contributed by atoms with Gasteiger partial charge in [-0.2, -0.15) is 16.5 Å². The minimum Gasteiger partial charge on any atom is -0.355 e. The molecule has 0 fully saturated rings. The van der Waals surface area contributed by atoms with Gasteiger partial charge in [0.1, 0.15) is 6.04 Å². The Bertz CT molecular complexity index is 814. The number of benzene rings is 1. The van der Waals surface area contributed by atoms with Crippen LogP contribution in [0, 0.1) is 0 Å². The fraction of sp³-hybridized carbons (Fsp3) is 0.588. The van der Waals surface area contributed by atoms with Gasteiger partial charge in [-0.05, 0) is 37.0 Å². The van der Waals surface area contributed by atoms with Crippen molar-refractivity contribution in [3.8, 4) is 0 Å². The van der Waals surface area contributed by atoms with E-state index in [4.69, 9.17) is 0 Å². The molecule has 8 nitrogen and oxygen atoms in total. The molecule has 28 heavy (non-hydrogen) atoms. The van der Waals surface area contributed by atoms with Crippen molar-refractivity contribution in [1.82, 2.24) is 14.3 Å². The van der Waals surface area contributed by atoms with Crippen molar-refractivity contribution < 1.29 is 21.6 Å². The molecule has 1 amide bonds. The monoisotopic (exact) mass is 451 g/mol. The van der Waals surface area contributed by atoms with Gasteiger partial charge in [0.15, 0.2) is 0 Å². The van der Waals surface area contributed by atoms with E-state index in [2.05, 4.69) is 10.0 Å². The smallest absolute Gasteiger partial charge is 0.241 e. The lowest BCUT2D eigenvalue weighted by Gasteiger charge is -2.20. The van der Waals surface area contributed by atoms with Crippen LogP contribution in [0.3, 0.4) is 0 Å². The molecule has 0 spiro atoms. The molecule has 0 heterocycles. The highest BCUT2D eigenvalue weighted by atomic mass is 32.2. The second-order valence-corrected chi connectivity index (χ2v) is 10.8. The zero-order valence-electron chi connectivity index (χ0n) is 16.4. The van der Waals surface area contributed by atoms with Gasteiger partial charge in [0, 0.05) is 19.6 Å². The van der Waals surface area contributed by atoms with E-state index in [0.717, 1.165) is 6.26 Å². The molecular formula is C17H29N3O5S3. The quantitative estimate of drug-likeness (QED) is 0.431. The first kappa shape index (κ1) is 24.9. The molecule has 0 saturated heterocycles. The number of hydrogen-bond acceptors (Lipinski definition) is 6. The van der Waals surface area contributed by atoms with E-state index in [9.17, 15) is 21.6 Å². The molecule has 2 N–H and O–H groups in total. The summed E-state index contributed by atoms with van der Waals surface area (Å²) in [6.45, 7) is 2.66. The third kappa shape index (κ3) is 8.48. The molecule has 160 valence electrons. The maximum absolute atomic E-state index is 12.5. The lowest BCUT2D eigenvalue weighted by atomic mass is 10.2. The van der Waals surface area contributed by atoms with E-state index >= 15 is 0 Å². The molecular weight excluding hydrogens is 422 g/mol. The highest BCUT2D eigenvalue weighted by molar-refractivity contribution is 7.98. The van der Waals surface area contributed by atoms with Gasteiger partial charge < -0.3 is 5.32 Å². The average Bonchev–Trinajstić information content (AvgIpc) is 2.64. The van der Waals surface area contributed by atoms with Crippen LogP contribution in [-0.4, -0.2) is 71.0 Å². The topological polar surface area (TPSA) is 113 Å². The Labute approximate surface area is 172 Å². The zero-order valence-corrected chi connectivity index (χ0v) is 18.9. The third-order valence-corrected chi connectivity index (χ3v) is 7.49. The van der Waals surface area contributed by atoms with Crippen molar-refractivity contribution in [2.75, 3.05) is 37.9 Å². The summed E-state index contributed by atoms with van der Waals surface area (Å²) in [5.41, 5.74) is 0. The van der Waals surface area contributed by atoms with E-state index < -0.39 is 32.0 Å². The Hall–Kier alpha value is -1.14. The van der Waals surface area contributed by atoms with Crippen molar-refractivity contribution in [2.24, 2.45) is 0 Å². The molecule has 0 aromatic heterocycles. The number of thioether (sulfide) groups is 1. The summed E-state index contributed by atoms with van der Waals surface area (Å²) in [4.78, 5) is 12.6. The van der Waals surface area contributed by atoms with Gasteiger partial charge in [0.2, 0.25) is 26.0 Å². The second-order valence-electron chi connectivity index (χ2n) is 6.17. The molecule has 0 aliphatic rings. The van der Waals surface area contributed by atoms with E-state index in [-0.39, 0.29) is 11.4 Å². The number of sulfonamides is 2. The molecule has 11 heteroatoms. The van der Waals surface area contributed by atoms with Crippen LogP contribution in [0.2, 0.25) is 0 Å². The SMILES string of the molecule is CCN(CCCNC(=O)C(CCSC)NS(=O)(=O)c1ccccc1)S(C)(=O)=O. The summed E-state index contributed by atoms with van der Waals surface area (Å²) in [7, 11) is -7.08. The number of rotatable bonds is 13. The molecule has 1 unspecified atom stereocenters. The van der Waals surface area contributed by atoms with Crippen LogP contribution >= 0.6 is 11.8 Å². The Kier molecular flexibility index (Phi) is 10.5. The summed E-state index contributed by atoms with van der Waals surface area (Å²) in [6, 6.07) is 6.99. The predicted molar refractivity (Wildman–Crippen MR) is 113 cm³/mol. The van der Waals surface area contributed by atoms with Gasteiger partial charge in [-0.15, -0.1) is 0 Å². The van der Waals surface area contributed by atoms with Crippen LogP contribution in [0.15, 0.2) is 35.2 Å². The summed E-state index contributed by atoms with van der Waals surface area (Å²) in [5, 5.41) is 2.70. The highest BCUT2D eigenvalue weighted by Crippen LogP contribution is 2.10. The summed E-state index contributed by atoms with van der Waals surface area (Å²) < 4.78 is 51.9. The summed E-state index contributed by atoms with van der Waals surface area (Å²) in [5.74, 6) is 0.198. The molecule has 1 rings (SSSR count). The molecule has 0 bridgehead atoms. The number of carbonyl (C=O) groups is 1. The van der Waals surface area contributed by atoms with Gasteiger partial charge in [-0.1, -0.05) is 25.1 Å². The van der Waals surface area contributed by atoms with Gasteiger partial charge >= 0.3 is 0 Å². The van der Waals surface area contributed by atoms with E-state index in [1.807, 2.05) is 6.26 Å². The Morgan fingerprint density at radius 2 is 1.82 bits per heavy atom. The van der Waals surface area contributed by atoms with E-state index in [1.165, 1.54) is 28.2 Å². The summed E-state index contributed by atoms with van der Waals surface area (Å²) in [6.07, 6.45) is 3.81. The van der Waals surface area contributed by atoms with Gasteiger partial charge in [0.05, 0.1) is 11.2 Å². The van der Waals surface area contributed by atoms with Crippen LogP contribution in [0.5, 0.6) is 0 Å². The average molecular weight is 452 g/mol. The first-order valence-electron chi connectivity index (χ1n) is 8.91. The maximum atomic E-state index is 12.5. The standard InChI is InChI=1S/C17H29N3O5S3/c1-4-20(27(3,22)23)13-8-12-18-17(21)16(11-14-26-2)19-28(24,25)15-9-6-5-7-10-15/h5-7,9-10,16,19H,4,8,11-14H2,1-3H3,(H,18,21).